The molecule has 1 N–H and O–H groups in total. The summed E-state index contributed by atoms with van der Waals surface area (Å²) in [5, 5.41) is 9.64. The second-order valence-electron chi connectivity index (χ2n) is 18.9. The van der Waals surface area contributed by atoms with Gasteiger partial charge in [-0.15, -0.1) is 0 Å². The van der Waals surface area contributed by atoms with Gasteiger partial charge in [0, 0.05) is 12.8 Å². The largest absolute Gasteiger partial charge is 0.462 e. The summed E-state index contributed by atoms with van der Waals surface area (Å²) in [7, 11) is -10.8. The molecule has 0 rings (SSSR count). The van der Waals surface area contributed by atoms with E-state index in [1.165, 1.54) is 57.0 Å². The molecule has 0 amide bonds. The van der Waals surface area contributed by atoms with Gasteiger partial charge in [-0.1, -0.05) is 77.0 Å². The van der Waals surface area contributed by atoms with E-state index in [9.17, 15) is 14.7 Å². The Bertz CT molecular complexity index is 982. The summed E-state index contributed by atoms with van der Waals surface area (Å²) in [4.78, 5) is 24.5. The van der Waals surface area contributed by atoms with Crippen LogP contribution in [0.4, 0.5) is 0 Å². The van der Waals surface area contributed by atoms with Crippen LogP contribution in [0.2, 0.25) is 104 Å². The molecule has 0 aliphatic carbocycles. The highest BCUT2D eigenvalue weighted by atomic mass is 28.5. The third kappa shape index (κ3) is 32.3. The monoisotopic (exact) mass is 840 g/mol. The van der Waals surface area contributed by atoms with E-state index in [0.29, 0.717) is 12.8 Å². The minimum atomic E-state index is -2.07. The van der Waals surface area contributed by atoms with E-state index in [0.717, 1.165) is 44.9 Å². The molecule has 0 saturated carbocycles. The van der Waals surface area contributed by atoms with Gasteiger partial charge in [-0.25, -0.2) is 0 Å². The van der Waals surface area contributed by atoms with Gasteiger partial charge in [-0.05, 0) is 117 Å². The van der Waals surface area contributed by atoms with Gasteiger partial charge in [-0.3, -0.25) is 9.59 Å². The van der Waals surface area contributed by atoms with E-state index in [4.69, 9.17) is 25.9 Å². The number of esters is 2. The summed E-state index contributed by atoms with van der Waals surface area (Å²) in [6.45, 7) is 31.0. The van der Waals surface area contributed by atoms with Crippen molar-refractivity contribution in [3.8, 4) is 0 Å². The Morgan fingerprint density at radius 3 is 1.13 bits per heavy atom. The molecule has 0 aliphatic rings. The highest BCUT2D eigenvalue weighted by Crippen LogP contribution is 2.26. The first kappa shape index (κ1) is 52.0. The van der Waals surface area contributed by atoms with Gasteiger partial charge in [0.1, 0.15) is 6.61 Å². The van der Waals surface area contributed by atoms with Gasteiger partial charge in [0.15, 0.2) is 39.4 Å². The zero-order valence-corrected chi connectivity index (χ0v) is 42.4. The molecule has 0 radical (unpaired) electrons. The van der Waals surface area contributed by atoms with Crippen LogP contribution < -0.4 is 0 Å². The maximum Gasteiger partial charge on any atom is 0.311 e. The van der Waals surface area contributed by atoms with Crippen LogP contribution >= 0.6 is 0 Å². The first-order valence-electron chi connectivity index (χ1n) is 20.5. The molecule has 0 aliphatic heterocycles. The number of carbonyl (C=O) groups excluding carboxylic acids is 2. The Labute approximate surface area is 327 Å². The van der Waals surface area contributed by atoms with Crippen molar-refractivity contribution in [1.82, 2.24) is 0 Å². The van der Waals surface area contributed by atoms with E-state index in [2.05, 4.69) is 91.7 Å². The number of hydrogen-bond donors (Lipinski definition) is 1. The van der Waals surface area contributed by atoms with Crippen LogP contribution in [-0.2, 0) is 35.5 Å². The van der Waals surface area contributed by atoms with Crippen molar-refractivity contribution in [1.29, 1.82) is 0 Å². The molecule has 0 bridgehead atoms. The Hall–Kier alpha value is 0.0413. The third-order valence-corrected chi connectivity index (χ3v) is 28.7. The second kappa shape index (κ2) is 25.3. The molecular weight excluding hydrogens is 757 g/mol. The highest BCUT2D eigenvalue weighted by molar-refractivity contribution is 6.88. The summed E-state index contributed by atoms with van der Waals surface area (Å²) in [6, 6.07) is 2.33. The lowest BCUT2D eigenvalue weighted by molar-refractivity contribution is -0.161. The molecule has 0 saturated heterocycles. The molecule has 0 aromatic heterocycles. The molecular formula is C37H84O9Si6. The Balaban J connectivity index is 3.93. The van der Waals surface area contributed by atoms with Crippen molar-refractivity contribution in [3.63, 3.8) is 0 Å². The zero-order valence-electron chi connectivity index (χ0n) is 36.4. The Morgan fingerprint density at radius 2 is 0.788 bits per heavy atom. The molecule has 15 heteroatoms. The first-order valence-corrected chi connectivity index (χ1v) is 39.2. The highest BCUT2D eigenvalue weighted by Gasteiger charge is 2.38. The molecule has 0 aromatic carbocycles. The van der Waals surface area contributed by atoms with Gasteiger partial charge in [-0.2, -0.15) is 0 Å². The number of aliphatic hydroxyl groups excluding tert-OH is 1. The second-order valence-corrected chi connectivity index (χ2v) is 44.2. The first-order chi connectivity index (χ1) is 23.8. The van der Waals surface area contributed by atoms with Crippen LogP contribution in [0.15, 0.2) is 0 Å². The smallest absolute Gasteiger partial charge is 0.311 e. The molecule has 52 heavy (non-hydrogen) atoms. The van der Waals surface area contributed by atoms with Gasteiger partial charge in [0.05, 0.1) is 6.61 Å². The maximum absolute atomic E-state index is 12.3. The Kier molecular flexibility index (Phi) is 25.3. The molecule has 0 spiro atoms. The topological polar surface area (TPSA) is 110 Å². The fourth-order valence-electron chi connectivity index (χ4n) is 6.98. The number of rotatable bonds is 32. The van der Waals surface area contributed by atoms with Crippen molar-refractivity contribution in [2.24, 2.45) is 0 Å². The Morgan fingerprint density at radius 1 is 0.462 bits per heavy atom. The molecule has 1 unspecified atom stereocenters. The average Bonchev–Trinajstić information content (AvgIpc) is 2.93. The third-order valence-electron chi connectivity index (χ3n) is 8.40. The fraction of sp³-hybridized carbons (Fsp3) is 0.946. The van der Waals surface area contributed by atoms with Gasteiger partial charge in [0.25, 0.3) is 0 Å². The molecule has 9 nitrogen and oxygen atoms in total. The molecule has 0 aromatic rings. The summed E-state index contributed by atoms with van der Waals surface area (Å²) in [5.41, 5.74) is 0. The number of carbonyl (C=O) groups is 2. The number of unbranched alkanes of at least 4 members (excludes halogenated alkanes) is 12. The maximum atomic E-state index is 12.3. The van der Waals surface area contributed by atoms with Crippen LogP contribution in [0.5, 0.6) is 0 Å². The van der Waals surface area contributed by atoms with E-state index in [-0.39, 0.29) is 25.2 Å². The predicted octanol–water partition coefficient (Wildman–Crippen LogP) is 11.2. The summed E-state index contributed by atoms with van der Waals surface area (Å²) in [6.07, 6.45) is 15.2. The molecule has 0 fully saturated rings. The molecule has 310 valence electrons. The van der Waals surface area contributed by atoms with Crippen LogP contribution in [0, 0.1) is 0 Å². The molecule has 1 atom stereocenters. The lowest BCUT2D eigenvalue weighted by Crippen LogP contribution is -2.51. The minimum Gasteiger partial charge on any atom is -0.462 e. The van der Waals surface area contributed by atoms with E-state index in [1.54, 1.807) is 0 Å². The fourth-order valence-corrected chi connectivity index (χ4v) is 33.5. The van der Waals surface area contributed by atoms with Crippen LogP contribution in [-0.4, -0.2) is 86.8 Å². The average molecular weight is 842 g/mol. The number of ether oxygens (including phenoxy) is 2. The van der Waals surface area contributed by atoms with Crippen molar-refractivity contribution in [3.05, 3.63) is 0 Å². The van der Waals surface area contributed by atoms with Crippen molar-refractivity contribution in [2.75, 3.05) is 13.2 Å². The van der Waals surface area contributed by atoms with Gasteiger partial charge >= 0.3 is 29.1 Å². The molecule has 0 heterocycles. The lowest BCUT2D eigenvalue weighted by Gasteiger charge is -2.37. The lowest BCUT2D eigenvalue weighted by atomic mass is 10.1. The van der Waals surface area contributed by atoms with Crippen LogP contribution in [0.1, 0.15) is 103 Å². The van der Waals surface area contributed by atoms with Gasteiger partial charge in [0.2, 0.25) is 0 Å². The SMILES string of the molecule is C[Si](C)(C)O[Si](C)(C)O[Si](C)(C)CCCCCCCCCC(=O)OCC(CO)OC(=O)CCCCCCCCC[Si](C)(C)O[Si](C)(C)O[Si](C)(C)C. The van der Waals surface area contributed by atoms with E-state index >= 15 is 0 Å². The van der Waals surface area contributed by atoms with Crippen molar-refractivity contribution in [2.45, 2.75) is 213 Å². The zero-order chi connectivity index (χ0) is 40.1. The van der Waals surface area contributed by atoms with Crippen LogP contribution in [0.3, 0.4) is 0 Å². The van der Waals surface area contributed by atoms with E-state index < -0.39 is 56.5 Å². The normalized spacial score (nSPS) is 14.1. The van der Waals surface area contributed by atoms with Crippen molar-refractivity contribution >= 4 is 62.3 Å². The van der Waals surface area contributed by atoms with Gasteiger partial charge < -0.3 is 31.0 Å². The quantitative estimate of drug-likeness (QED) is 0.0402. The van der Waals surface area contributed by atoms with Crippen LogP contribution in [0.25, 0.3) is 0 Å². The predicted molar refractivity (Wildman–Crippen MR) is 232 cm³/mol. The van der Waals surface area contributed by atoms with E-state index in [1.807, 2.05) is 0 Å². The number of aliphatic hydroxyl groups is 1. The summed E-state index contributed by atoms with van der Waals surface area (Å²) < 4.78 is 36.7. The number of hydrogen-bond acceptors (Lipinski definition) is 9. The standard InChI is InChI=1S/C37H84O9Si6/c1-47(2,3)43-51(11,12)45-49(7,8)31-27-23-19-15-17-21-25-29-36(39)41-34-35(33-38)42-37(40)30-26-22-18-16-20-24-28-32-50(9,10)46-52(13,14)44-48(4,5)6/h35,38H,15-34H2,1-14H3. The minimum absolute atomic E-state index is 0.0931. The summed E-state index contributed by atoms with van der Waals surface area (Å²) in [5.74, 6) is -0.640. The summed E-state index contributed by atoms with van der Waals surface area (Å²) >= 11 is 0. The van der Waals surface area contributed by atoms with Crippen molar-refractivity contribution < 1.29 is 40.6 Å².